The van der Waals surface area contributed by atoms with E-state index in [4.69, 9.17) is 9.15 Å². The van der Waals surface area contributed by atoms with Crippen LogP contribution < -0.4 is 5.32 Å². The number of rotatable bonds is 5. The van der Waals surface area contributed by atoms with Crippen molar-refractivity contribution in [1.29, 1.82) is 0 Å². The van der Waals surface area contributed by atoms with E-state index < -0.39 is 0 Å². The van der Waals surface area contributed by atoms with Gasteiger partial charge in [-0.3, -0.25) is 9.69 Å². The van der Waals surface area contributed by atoms with Gasteiger partial charge < -0.3 is 14.5 Å². The number of nitrogens with one attached hydrogen (secondary N) is 1. The molecule has 2 fully saturated rings. The highest BCUT2D eigenvalue weighted by Crippen LogP contribution is 2.34. The molecule has 0 spiro atoms. The van der Waals surface area contributed by atoms with E-state index in [-0.39, 0.29) is 11.4 Å². The lowest BCUT2D eigenvalue weighted by Crippen LogP contribution is -2.59. The van der Waals surface area contributed by atoms with Crippen LogP contribution in [0.1, 0.15) is 55.2 Å². The topological polar surface area (TPSA) is 54.7 Å². The molecule has 3 aliphatic rings. The second-order valence-electron chi connectivity index (χ2n) is 9.07. The molecular formula is C24H32N2O3. The van der Waals surface area contributed by atoms with Crippen LogP contribution in [-0.2, 0) is 28.8 Å². The summed E-state index contributed by atoms with van der Waals surface area (Å²) < 4.78 is 11.3. The standard InChI is InChI=1S/C24H32N2O3/c27-23(15-20-16-29-22-14-19-6-4-5-18(19)13-21(20)22)25-17-24(7-2-1-3-8-24)26-9-11-28-12-10-26/h13-14,16H,1-12,15,17H2,(H,25,27). The summed E-state index contributed by atoms with van der Waals surface area (Å²) in [5, 5.41) is 4.40. The lowest BCUT2D eigenvalue weighted by molar-refractivity contribution is -0.121. The number of morpholine rings is 1. The third-order valence-corrected chi connectivity index (χ3v) is 7.30. The summed E-state index contributed by atoms with van der Waals surface area (Å²) in [6.45, 7) is 4.32. The zero-order valence-electron chi connectivity index (χ0n) is 17.3. The summed E-state index contributed by atoms with van der Waals surface area (Å²) in [7, 11) is 0. The Morgan fingerprint density at radius 2 is 1.79 bits per heavy atom. The second-order valence-corrected chi connectivity index (χ2v) is 9.07. The van der Waals surface area contributed by atoms with Crippen LogP contribution in [0.3, 0.4) is 0 Å². The number of hydrogen-bond donors (Lipinski definition) is 1. The van der Waals surface area contributed by atoms with Gasteiger partial charge in [0.2, 0.25) is 5.91 Å². The van der Waals surface area contributed by atoms with Gasteiger partial charge in [-0.2, -0.15) is 0 Å². The Kier molecular flexibility index (Phi) is 5.35. The van der Waals surface area contributed by atoms with Crippen LogP contribution in [0.15, 0.2) is 22.8 Å². The van der Waals surface area contributed by atoms with Crippen molar-refractivity contribution in [2.24, 2.45) is 0 Å². The average Bonchev–Trinajstić information content (AvgIpc) is 3.38. The highest BCUT2D eigenvalue weighted by atomic mass is 16.5. The fourth-order valence-electron chi connectivity index (χ4n) is 5.64. The Hall–Kier alpha value is -1.85. The third-order valence-electron chi connectivity index (χ3n) is 7.30. The van der Waals surface area contributed by atoms with Gasteiger partial charge >= 0.3 is 0 Å². The number of benzene rings is 1. The van der Waals surface area contributed by atoms with Crippen LogP contribution in [0.5, 0.6) is 0 Å². The number of carbonyl (C=O) groups is 1. The maximum atomic E-state index is 12.9. The molecule has 1 saturated carbocycles. The maximum Gasteiger partial charge on any atom is 0.224 e. The Labute approximate surface area is 172 Å². The van der Waals surface area contributed by atoms with E-state index in [2.05, 4.69) is 22.3 Å². The molecule has 1 N–H and O–H groups in total. The predicted octanol–water partition coefficient (Wildman–Crippen LogP) is 3.62. The van der Waals surface area contributed by atoms with Gasteiger partial charge in [-0.15, -0.1) is 0 Å². The van der Waals surface area contributed by atoms with Crippen LogP contribution in [-0.4, -0.2) is 49.2 Å². The van der Waals surface area contributed by atoms with E-state index in [0.29, 0.717) is 6.42 Å². The zero-order valence-corrected chi connectivity index (χ0v) is 17.3. The van der Waals surface area contributed by atoms with Gasteiger partial charge in [0.15, 0.2) is 0 Å². The summed E-state index contributed by atoms with van der Waals surface area (Å²) >= 11 is 0. The number of ether oxygens (including phenoxy) is 1. The number of furan rings is 1. The first kappa shape index (κ1) is 19.1. The summed E-state index contributed by atoms with van der Waals surface area (Å²) in [5.74, 6) is 0.103. The highest BCUT2D eigenvalue weighted by Gasteiger charge is 2.38. The minimum atomic E-state index is 0.103. The summed E-state index contributed by atoms with van der Waals surface area (Å²) in [4.78, 5) is 15.4. The minimum absolute atomic E-state index is 0.103. The summed E-state index contributed by atoms with van der Waals surface area (Å²) in [6, 6.07) is 4.43. The largest absolute Gasteiger partial charge is 0.464 e. The number of fused-ring (bicyclic) bond motifs is 2. The predicted molar refractivity (Wildman–Crippen MR) is 113 cm³/mol. The molecule has 0 radical (unpaired) electrons. The summed E-state index contributed by atoms with van der Waals surface area (Å²) in [5.41, 5.74) is 4.88. The van der Waals surface area contributed by atoms with E-state index in [1.807, 2.05) is 0 Å². The maximum absolute atomic E-state index is 12.9. The lowest BCUT2D eigenvalue weighted by atomic mass is 9.79. The van der Waals surface area contributed by atoms with Gasteiger partial charge in [0, 0.05) is 36.1 Å². The van der Waals surface area contributed by atoms with E-state index in [0.717, 1.165) is 62.2 Å². The number of aryl methyl sites for hydroxylation is 2. The van der Waals surface area contributed by atoms with Crippen molar-refractivity contribution in [2.75, 3.05) is 32.8 Å². The van der Waals surface area contributed by atoms with Crippen LogP contribution in [0.25, 0.3) is 11.0 Å². The molecule has 5 rings (SSSR count). The summed E-state index contributed by atoms with van der Waals surface area (Å²) in [6.07, 6.45) is 11.8. The van der Waals surface area contributed by atoms with Gasteiger partial charge in [-0.25, -0.2) is 0 Å². The van der Waals surface area contributed by atoms with Crippen molar-refractivity contribution < 1.29 is 13.9 Å². The van der Waals surface area contributed by atoms with E-state index in [9.17, 15) is 4.79 Å². The molecule has 1 aliphatic heterocycles. The first-order valence-corrected chi connectivity index (χ1v) is 11.3. The number of amides is 1. The quantitative estimate of drug-likeness (QED) is 0.839. The fourth-order valence-corrected chi connectivity index (χ4v) is 5.64. The van der Waals surface area contributed by atoms with Crippen LogP contribution in [0.4, 0.5) is 0 Å². The zero-order chi connectivity index (χ0) is 19.7. The first-order chi connectivity index (χ1) is 14.2. The molecule has 2 aliphatic carbocycles. The van der Waals surface area contributed by atoms with Crippen LogP contribution in [0.2, 0.25) is 0 Å². The molecule has 156 valence electrons. The lowest BCUT2D eigenvalue weighted by Gasteiger charge is -2.48. The van der Waals surface area contributed by atoms with E-state index in [1.54, 1.807) is 6.26 Å². The van der Waals surface area contributed by atoms with Crippen molar-refractivity contribution in [1.82, 2.24) is 10.2 Å². The molecule has 29 heavy (non-hydrogen) atoms. The Morgan fingerprint density at radius 1 is 1.03 bits per heavy atom. The van der Waals surface area contributed by atoms with Crippen molar-refractivity contribution in [3.05, 3.63) is 35.1 Å². The first-order valence-electron chi connectivity index (χ1n) is 11.3. The Balaban J connectivity index is 1.27. The molecule has 2 heterocycles. The van der Waals surface area contributed by atoms with Gasteiger partial charge in [0.25, 0.3) is 0 Å². The van der Waals surface area contributed by atoms with Gasteiger partial charge in [0.05, 0.1) is 25.9 Å². The molecule has 0 bridgehead atoms. The van der Waals surface area contributed by atoms with Crippen LogP contribution >= 0.6 is 0 Å². The Morgan fingerprint density at radius 3 is 2.59 bits per heavy atom. The monoisotopic (exact) mass is 396 g/mol. The smallest absolute Gasteiger partial charge is 0.224 e. The normalized spacial score (nSPS) is 21.9. The number of hydrogen-bond acceptors (Lipinski definition) is 4. The van der Waals surface area contributed by atoms with Gasteiger partial charge in [-0.05, 0) is 55.4 Å². The molecule has 2 aromatic rings. The number of carbonyl (C=O) groups excluding carboxylic acids is 1. The molecule has 5 heteroatoms. The Bertz CT molecular complexity index is 876. The highest BCUT2D eigenvalue weighted by molar-refractivity contribution is 5.88. The van der Waals surface area contributed by atoms with E-state index in [1.165, 1.54) is 49.7 Å². The van der Waals surface area contributed by atoms with Crippen LogP contribution in [0, 0.1) is 0 Å². The fraction of sp³-hybridized carbons (Fsp3) is 0.625. The van der Waals surface area contributed by atoms with Crippen molar-refractivity contribution in [2.45, 2.75) is 63.3 Å². The molecule has 1 aromatic carbocycles. The average molecular weight is 397 g/mol. The van der Waals surface area contributed by atoms with Crippen molar-refractivity contribution in [3.63, 3.8) is 0 Å². The number of nitrogens with zero attached hydrogens (tertiary/aromatic N) is 1. The SMILES string of the molecule is O=C(Cc1coc2cc3c(cc12)CCC3)NCC1(N2CCOCC2)CCCCC1. The molecule has 1 aromatic heterocycles. The van der Waals surface area contributed by atoms with Crippen molar-refractivity contribution >= 4 is 16.9 Å². The molecule has 5 nitrogen and oxygen atoms in total. The molecule has 1 amide bonds. The third kappa shape index (κ3) is 3.82. The molecular weight excluding hydrogens is 364 g/mol. The van der Waals surface area contributed by atoms with E-state index >= 15 is 0 Å². The molecule has 1 saturated heterocycles. The molecule has 0 unspecified atom stereocenters. The minimum Gasteiger partial charge on any atom is -0.464 e. The molecule has 0 atom stereocenters. The van der Waals surface area contributed by atoms with Crippen molar-refractivity contribution in [3.8, 4) is 0 Å². The second kappa shape index (κ2) is 8.11. The van der Waals surface area contributed by atoms with Gasteiger partial charge in [-0.1, -0.05) is 19.3 Å². The van der Waals surface area contributed by atoms with Gasteiger partial charge in [0.1, 0.15) is 5.58 Å².